The van der Waals surface area contributed by atoms with E-state index in [0.717, 1.165) is 18.4 Å². The van der Waals surface area contributed by atoms with Gasteiger partial charge in [-0.2, -0.15) is 5.26 Å². The van der Waals surface area contributed by atoms with Crippen LogP contribution in [0, 0.1) is 30.1 Å². The van der Waals surface area contributed by atoms with E-state index in [4.69, 9.17) is 5.26 Å². The van der Waals surface area contributed by atoms with Crippen molar-refractivity contribution in [1.82, 2.24) is 0 Å². The summed E-state index contributed by atoms with van der Waals surface area (Å²) in [5.74, 6) is 1.27. The molecule has 0 spiro atoms. The summed E-state index contributed by atoms with van der Waals surface area (Å²) in [5.41, 5.74) is 4.87. The summed E-state index contributed by atoms with van der Waals surface area (Å²) in [6.45, 7) is 11.1. The topological polar surface area (TPSA) is 23.8 Å². The molecule has 0 aliphatic heterocycles. The molecule has 1 aromatic carbocycles. The van der Waals surface area contributed by atoms with Crippen LogP contribution in [0.15, 0.2) is 12.1 Å². The highest BCUT2D eigenvalue weighted by Crippen LogP contribution is 2.22. The van der Waals surface area contributed by atoms with E-state index in [0.29, 0.717) is 11.8 Å². The third kappa shape index (κ3) is 3.89. The molecular formula is C16H23N. The van der Waals surface area contributed by atoms with Gasteiger partial charge in [-0.1, -0.05) is 27.7 Å². The predicted molar refractivity (Wildman–Crippen MR) is 73.0 cm³/mol. The highest BCUT2D eigenvalue weighted by atomic mass is 14.2. The van der Waals surface area contributed by atoms with Crippen LogP contribution >= 0.6 is 0 Å². The van der Waals surface area contributed by atoms with Crippen LogP contribution in [0.1, 0.15) is 49.9 Å². The van der Waals surface area contributed by atoms with Crippen molar-refractivity contribution in [2.45, 2.75) is 47.5 Å². The van der Waals surface area contributed by atoms with Gasteiger partial charge < -0.3 is 0 Å². The van der Waals surface area contributed by atoms with E-state index in [2.05, 4.69) is 52.8 Å². The molecule has 17 heavy (non-hydrogen) atoms. The SMILES string of the molecule is Cc1c(CC(C)C)cc(C#N)cc1CC(C)C. The third-order valence-corrected chi connectivity index (χ3v) is 3.01. The zero-order valence-electron chi connectivity index (χ0n) is 11.7. The molecule has 0 saturated carbocycles. The van der Waals surface area contributed by atoms with Crippen LogP contribution in [-0.4, -0.2) is 0 Å². The lowest BCUT2D eigenvalue weighted by molar-refractivity contribution is 0.631. The second-order valence-corrected chi connectivity index (χ2v) is 5.73. The van der Waals surface area contributed by atoms with Crippen molar-refractivity contribution in [3.05, 3.63) is 34.4 Å². The van der Waals surface area contributed by atoms with Crippen LogP contribution in [0.3, 0.4) is 0 Å². The van der Waals surface area contributed by atoms with E-state index in [9.17, 15) is 0 Å². The number of hydrogen-bond donors (Lipinski definition) is 0. The number of rotatable bonds is 4. The van der Waals surface area contributed by atoms with Gasteiger partial charge >= 0.3 is 0 Å². The van der Waals surface area contributed by atoms with Gasteiger partial charge in [0, 0.05) is 0 Å². The van der Waals surface area contributed by atoms with Gasteiger partial charge in [0.1, 0.15) is 0 Å². The van der Waals surface area contributed by atoms with Gasteiger partial charge in [0.05, 0.1) is 11.6 Å². The van der Waals surface area contributed by atoms with Crippen LogP contribution < -0.4 is 0 Å². The summed E-state index contributed by atoms with van der Waals surface area (Å²) in [7, 11) is 0. The minimum Gasteiger partial charge on any atom is -0.192 e. The predicted octanol–water partition coefficient (Wildman–Crippen LogP) is 4.26. The first-order valence-electron chi connectivity index (χ1n) is 6.46. The molecule has 0 radical (unpaired) electrons. The second kappa shape index (κ2) is 5.87. The third-order valence-electron chi connectivity index (χ3n) is 3.01. The van der Waals surface area contributed by atoms with E-state index in [1.807, 2.05) is 0 Å². The zero-order valence-corrected chi connectivity index (χ0v) is 11.7. The zero-order chi connectivity index (χ0) is 13.0. The van der Waals surface area contributed by atoms with Gasteiger partial charge in [0.15, 0.2) is 0 Å². The van der Waals surface area contributed by atoms with E-state index < -0.39 is 0 Å². The smallest absolute Gasteiger partial charge is 0.0991 e. The molecule has 0 aromatic heterocycles. The number of benzene rings is 1. The van der Waals surface area contributed by atoms with E-state index in [1.165, 1.54) is 16.7 Å². The molecule has 0 amide bonds. The molecule has 0 unspecified atom stereocenters. The van der Waals surface area contributed by atoms with Crippen molar-refractivity contribution in [3.8, 4) is 6.07 Å². The fourth-order valence-corrected chi connectivity index (χ4v) is 2.21. The van der Waals surface area contributed by atoms with Crippen molar-refractivity contribution in [3.63, 3.8) is 0 Å². The van der Waals surface area contributed by atoms with E-state index in [-0.39, 0.29) is 0 Å². The Morgan fingerprint density at radius 1 is 1.00 bits per heavy atom. The fraction of sp³-hybridized carbons (Fsp3) is 0.562. The Hall–Kier alpha value is -1.29. The summed E-state index contributed by atoms with van der Waals surface area (Å²) < 4.78 is 0. The van der Waals surface area contributed by atoms with Crippen molar-refractivity contribution >= 4 is 0 Å². The van der Waals surface area contributed by atoms with Gasteiger partial charge in [-0.05, 0) is 60.4 Å². The molecular weight excluding hydrogens is 206 g/mol. The molecule has 1 rings (SSSR count). The first kappa shape index (κ1) is 13.8. The standard InChI is InChI=1S/C16H23N/c1-11(2)6-15-8-14(10-17)9-16(13(15)5)7-12(3)4/h8-9,11-12H,6-7H2,1-5H3. The summed E-state index contributed by atoms with van der Waals surface area (Å²) >= 11 is 0. The summed E-state index contributed by atoms with van der Waals surface area (Å²) in [5, 5.41) is 9.10. The lowest BCUT2D eigenvalue weighted by Crippen LogP contribution is -2.04. The van der Waals surface area contributed by atoms with Crippen LogP contribution in [0.2, 0.25) is 0 Å². The number of hydrogen-bond acceptors (Lipinski definition) is 1. The van der Waals surface area contributed by atoms with Crippen LogP contribution in [0.5, 0.6) is 0 Å². The van der Waals surface area contributed by atoms with Gasteiger partial charge in [0.2, 0.25) is 0 Å². The first-order chi connectivity index (χ1) is 7.93. The van der Waals surface area contributed by atoms with Crippen molar-refractivity contribution in [1.29, 1.82) is 5.26 Å². The lowest BCUT2D eigenvalue weighted by atomic mass is 9.90. The molecule has 0 heterocycles. The summed E-state index contributed by atoms with van der Waals surface area (Å²) in [4.78, 5) is 0. The summed E-state index contributed by atoms with van der Waals surface area (Å²) in [6.07, 6.45) is 2.12. The molecule has 0 bridgehead atoms. The van der Waals surface area contributed by atoms with Gasteiger partial charge in [0.25, 0.3) is 0 Å². The molecule has 0 N–H and O–H groups in total. The van der Waals surface area contributed by atoms with Crippen molar-refractivity contribution in [2.24, 2.45) is 11.8 Å². The Kier molecular flexibility index (Phi) is 4.75. The molecule has 0 atom stereocenters. The maximum Gasteiger partial charge on any atom is 0.0991 e. The van der Waals surface area contributed by atoms with E-state index in [1.54, 1.807) is 0 Å². The highest BCUT2D eigenvalue weighted by Gasteiger charge is 2.10. The maximum atomic E-state index is 9.10. The first-order valence-corrected chi connectivity index (χ1v) is 6.46. The van der Waals surface area contributed by atoms with Crippen LogP contribution in [0.25, 0.3) is 0 Å². The minimum atomic E-state index is 0.634. The Labute approximate surface area is 105 Å². The Morgan fingerprint density at radius 3 is 1.71 bits per heavy atom. The molecule has 1 nitrogen and oxygen atoms in total. The number of nitriles is 1. The van der Waals surface area contributed by atoms with Gasteiger partial charge in [-0.3, -0.25) is 0 Å². The maximum absolute atomic E-state index is 9.10. The molecule has 0 fully saturated rings. The average Bonchev–Trinajstić information content (AvgIpc) is 2.22. The van der Waals surface area contributed by atoms with Crippen LogP contribution in [0.4, 0.5) is 0 Å². The van der Waals surface area contributed by atoms with Crippen molar-refractivity contribution < 1.29 is 0 Å². The number of nitrogens with zero attached hydrogens (tertiary/aromatic N) is 1. The lowest BCUT2D eigenvalue weighted by Gasteiger charge is -2.15. The van der Waals surface area contributed by atoms with Crippen LogP contribution in [-0.2, 0) is 12.8 Å². The summed E-state index contributed by atoms with van der Waals surface area (Å²) in [6, 6.07) is 6.39. The fourth-order valence-electron chi connectivity index (χ4n) is 2.21. The monoisotopic (exact) mass is 229 g/mol. The van der Waals surface area contributed by atoms with Crippen molar-refractivity contribution in [2.75, 3.05) is 0 Å². The minimum absolute atomic E-state index is 0.634. The molecule has 0 aliphatic carbocycles. The molecule has 1 heteroatoms. The normalized spacial score (nSPS) is 10.9. The molecule has 0 saturated heterocycles. The molecule has 92 valence electrons. The largest absolute Gasteiger partial charge is 0.192 e. The second-order valence-electron chi connectivity index (χ2n) is 5.73. The Balaban J connectivity index is 3.17. The highest BCUT2D eigenvalue weighted by molar-refractivity contribution is 5.43. The Bertz CT molecular complexity index is 391. The quantitative estimate of drug-likeness (QED) is 0.756. The molecule has 0 aliphatic rings. The average molecular weight is 229 g/mol. The van der Waals surface area contributed by atoms with Gasteiger partial charge in [-0.25, -0.2) is 0 Å². The van der Waals surface area contributed by atoms with E-state index >= 15 is 0 Å². The van der Waals surface area contributed by atoms with Gasteiger partial charge in [-0.15, -0.1) is 0 Å². The molecule has 1 aromatic rings. The Morgan fingerprint density at radius 2 is 1.41 bits per heavy atom.